The SMILES string of the molecule is Cl.O=C(c1ccc2c(c1)CCCC2)N1CCC2CCC(C1)N2. The third-order valence-corrected chi connectivity index (χ3v) is 5.41. The second-order valence-corrected chi connectivity index (χ2v) is 6.87. The van der Waals surface area contributed by atoms with Gasteiger partial charge in [-0.25, -0.2) is 0 Å². The number of hydrogen-bond acceptors (Lipinski definition) is 2. The first-order valence-corrected chi connectivity index (χ1v) is 8.47. The molecule has 0 saturated carbocycles. The molecule has 1 amide bonds. The molecule has 4 rings (SSSR count). The summed E-state index contributed by atoms with van der Waals surface area (Å²) in [6.07, 6.45) is 8.49. The molecular weight excluding hydrogens is 296 g/mol. The smallest absolute Gasteiger partial charge is 0.253 e. The lowest BCUT2D eigenvalue weighted by atomic mass is 9.90. The second kappa shape index (κ2) is 6.59. The Kier molecular flexibility index (Phi) is 4.74. The minimum absolute atomic E-state index is 0. The van der Waals surface area contributed by atoms with E-state index in [-0.39, 0.29) is 18.3 Å². The van der Waals surface area contributed by atoms with E-state index < -0.39 is 0 Å². The van der Waals surface area contributed by atoms with E-state index in [0.29, 0.717) is 12.1 Å². The predicted molar refractivity (Wildman–Crippen MR) is 90.8 cm³/mol. The Morgan fingerprint density at radius 1 is 1.05 bits per heavy atom. The molecule has 2 fully saturated rings. The fourth-order valence-corrected chi connectivity index (χ4v) is 4.18. The Morgan fingerprint density at radius 2 is 1.82 bits per heavy atom. The molecule has 2 saturated heterocycles. The van der Waals surface area contributed by atoms with Gasteiger partial charge in [0.15, 0.2) is 0 Å². The molecule has 3 nitrogen and oxygen atoms in total. The van der Waals surface area contributed by atoms with Gasteiger partial charge in [0.1, 0.15) is 0 Å². The van der Waals surface area contributed by atoms with Crippen molar-refractivity contribution in [1.82, 2.24) is 10.2 Å². The van der Waals surface area contributed by atoms with Crippen LogP contribution in [0.1, 0.15) is 53.6 Å². The van der Waals surface area contributed by atoms with Crippen LogP contribution in [0.15, 0.2) is 18.2 Å². The van der Waals surface area contributed by atoms with Gasteiger partial charge in [0.05, 0.1) is 0 Å². The molecule has 1 N–H and O–H groups in total. The Balaban J connectivity index is 0.00000144. The molecule has 0 spiro atoms. The van der Waals surface area contributed by atoms with Gasteiger partial charge in [-0.05, 0) is 68.2 Å². The maximum absolute atomic E-state index is 12.8. The lowest BCUT2D eigenvalue weighted by Gasteiger charge is -2.25. The largest absolute Gasteiger partial charge is 0.337 e. The topological polar surface area (TPSA) is 32.3 Å². The van der Waals surface area contributed by atoms with Gasteiger partial charge in [0.2, 0.25) is 0 Å². The average Bonchev–Trinajstić information content (AvgIpc) is 2.85. The van der Waals surface area contributed by atoms with Crippen molar-refractivity contribution in [3.05, 3.63) is 34.9 Å². The van der Waals surface area contributed by atoms with E-state index >= 15 is 0 Å². The highest BCUT2D eigenvalue weighted by Gasteiger charge is 2.31. The van der Waals surface area contributed by atoms with Crippen LogP contribution in [0.5, 0.6) is 0 Å². The van der Waals surface area contributed by atoms with Crippen molar-refractivity contribution < 1.29 is 4.79 Å². The van der Waals surface area contributed by atoms with Gasteiger partial charge >= 0.3 is 0 Å². The molecule has 3 aliphatic rings. The second-order valence-electron chi connectivity index (χ2n) is 6.87. The van der Waals surface area contributed by atoms with E-state index in [1.54, 1.807) is 0 Å². The predicted octanol–water partition coefficient (Wildman–Crippen LogP) is 2.95. The van der Waals surface area contributed by atoms with E-state index in [1.807, 2.05) is 6.07 Å². The van der Waals surface area contributed by atoms with Crippen LogP contribution < -0.4 is 5.32 Å². The number of carbonyl (C=O) groups excluding carboxylic acids is 1. The summed E-state index contributed by atoms with van der Waals surface area (Å²) in [6, 6.07) is 7.54. The van der Waals surface area contributed by atoms with Crippen LogP contribution >= 0.6 is 12.4 Å². The van der Waals surface area contributed by atoms with E-state index in [4.69, 9.17) is 0 Å². The Labute approximate surface area is 138 Å². The highest BCUT2D eigenvalue weighted by atomic mass is 35.5. The molecular formula is C18H25ClN2O. The minimum Gasteiger partial charge on any atom is -0.337 e. The molecule has 2 heterocycles. The monoisotopic (exact) mass is 320 g/mol. The summed E-state index contributed by atoms with van der Waals surface area (Å²) in [5.74, 6) is 0.234. The highest BCUT2D eigenvalue weighted by Crippen LogP contribution is 2.25. The lowest BCUT2D eigenvalue weighted by molar-refractivity contribution is 0.0748. The van der Waals surface area contributed by atoms with Gasteiger partial charge in [-0.2, -0.15) is 0 Å². The Morgan fingerprint density at radius 3 is 2.68 bits per heavy atom. The summed E-state index contributed by atoms with van der Waals surface area (Å²) in [6.45, 7) is 1.79. The summed E-state index contributed by atoms with van der Waals surface area (Å²) in [4.78, 5) is 14.9. The van der Waals surface area contributed by atoms with E-state index in [9.17, 15) is 4.79 Å². The maximum Gasteiger partial charge on any atom is 0.253 e. The van der Waals surface area contributed by atoms with Crippen molar-refractivity contribution in [2.24, 2.45) is 0 Å². The first-order valence-electron chi connectivity index (χ1n) is 8.47. The number of nitrogens with one attached hydrogen (secondary N) is 1. The summed E-state index contributed by atoms with van der Waals surface area (Å²) in [7, 11) is 0. The van der Waals surface area contributed by atoms with Gasteiger partial charge in [-0.3, -0.25) is 4.79 Å². The summed E-state index contributed by atoms with van der Waals surface area (Å²) < 4.78 is 0. The average molecular weight is 321 g/mol. The number of likely N-dealkylation sites (tertiary alicyclic amines) is 1. The van der Waals surface area contributed by atoms with E-state index in [0.717, 1.165) is 31.5 Å². The molecule has 120 valence electrons. The number of rotatable bonds is 1. The lowest BCUT2D eigenvalue weighted by Crippen LogP contribution is -2.39. The van der Waals surface area contributed by atoms with Crippen molar-refractivity contribution in [2.75, 3.05) is 13.1 Å². The molecule has 2 unspecified atom stereocenters. The third-order valence-electron chi connectivity index (χ3n) is 5.41. The van der Waals surface area contributed by atoms with Crippen LogP contribution in [-0.4, -0.2) is 36.0 Å². The van der Waals surface area contributed by atoms with Crippen molar-refractivity contribution in [1.29, 1.82) is 0 Å². The highest BCUT2D eigenvalue weighted by molar-refractivity contribution is 5.94. The van der Waals surface area contributed by atoms with Gasteiger partial charge < -0.3 is 10.2 Å². The number of aryl methyl sites for hydroxylation is 2. The third kappa shape index (κ3) is 3.02. The first kappa shape index (κ1) is 15.8. The van der Waals surface area contributed by atoms with Crippen LogP contribution in [0.25, 0.3) is 0 Å². The molecule has 1 aromatic carbocycles. The van der Waals surface area contributed by atoms with Gasteiger partial charge in [-0.15, -0.1) is 12.4 Å². The van der Waals surface area contributed by atoms with Gasteiger partial charge in [0.25, 0.3) is 5.91 Å². The van der Waals surface area contributed by atoms with Crippen LogP contribution in [0.4, 0.5) is 0 Å². The van der Waals surface area contributed by atoms with Crippen molar-refractivity contribution in [3.63, 3.8) is 0 Å². The van der Waals surface area contributed by atoms with Crippen molar-refractivity contribution in [3.8, 4) is 0 Å². The number of fused-ring (bicyclic) bond motifs is 3. The molecule has 0 aromatic heterocycles. The normalized spacial score (nSPS) is 26.8. The number of amides is 1. The molecule has 2 atom stereocenters. The molecule has 2 bridgehead atoms. The summed E-state index contributed by atoms with van der Waals surface area (Å²) >= 11 is 0. The first-order chi connectivity index (χ1) is 10.3. The van der Waals surface area contributed by atoms with Crippen LogP contribution in [0, 0.1) is 0 Å². The maximum atomic E-state index is 12.8. The van der Waals surface area contributed by atoms with Crippen molar-refractivity contribution in [2.45, 2.75) is 57.0 Å². The molecule has 1 aliphatic carbocycles. The molecule has 22 heavy (non-hydrogen) atoms. The number of hydrogen-bond donors (Lipinski definition) is 1. The Bertz CT molecular complexity index is 560. The zero-order chi connectivity index (χ0) is 14.2. The number of benzene rings is 1. The summed E-state index contributed by atoms with van der Waals surface area (Å²) in [5, 5.41) is 3.65. The minimum atomic E-state index is 0. The van der Waals surface area contributed by atoms with Gasteiger partial charge in [0, 0.05) is 30.7 Å². The Hall–Kier alpha value is -1.06. The summed E-state index contributed by atoms with van der Waals surface area (Å²) in [5.41, 5.74) is 3.75. The molecule has 1 aromatic rings. The van der Waals surface area contributed by atoms with Crippen LogP contribution in [0.2, 0.25) is 0 Å². The number of nitrogens with zero attached hydrogens (tertiary/aromatic N) is 1. The zero-order valence-electron chi connectivity index (χ0n) is 13.0. The number of halogens is 1. The fourth-order valence-electron chi connectivity index (χ4n) is 4.18. The van der Waals surface area contributed by atoms with E-state index in [2.05, 4.69) is 22.3 Å². The fraction of sp³-hybridized carbons (Fsp3) is 0.611. The standard InChI is InChI=1S/C18H24N2O.ClH/c21-18(20-10-9-16-7-8-17(12-20)19-16)15-6-5-13-3-1-2-4-14(13)11-15;/h5-6,11,16-17,19H,1-4,7-10,12H2;1H. The zero-order valence-corrected chi connectivity index (χ0v) is 13.8. The molecule has 0 radical (unpaired) electrons. The molecule has 2 aliphatic heterocycles. The van der Waals surface area contributed by atoms with E-state index in [1.165, 1.54) is 43.2 Å². The molecule has 4 heteroatoms. The van der Waals surface area contributed by atoms with Crippen LogP contribution in [-0.2, 0) is 12.8 Å². The number of carbonyl (C=O) groups is 1. The van der Waals surface area contributed by atoms with Gasteiger partial charge in [-0.1, -0.05) is 6.07 Å². The van der Waals surface area contributed by atoms with Crippen molar-refractivity contribution >= 4 is 18.3 Å². The quantitative estimate of drug-likeness (QED) is 0.863. The van der Waals surface area contributed by atoms with Crippen LogP contribution in [0.3, 0.4) is 0 Å².